The molecule has 2 heteroatoms. The highest BCUT2D eigenvalue weighted by molar-refractivity contribution is 5.45. The van der Waals surface area contributed by atoms with Crippen LogP contribution in [0.25, 0.3) is 0 Å². The van der Waals surface area contributed by atoms with Gasteiger partial charge in [-0.05, 0) is 36.6 Å². The predicted octanol–water partition coefficient (Wildman–Crippen LogP) is 3.59. The van der Waals surface area contributed by atoms with E-state index in [1.54, 1.807) is 0 Å². The standard InChI is InChI=1S/C12H18FN/c1-4-9(2)8-14-12-6-10(3)5-11(13)7-12/h5-7,9,14H,4,8H2,1-3H3. The Hall–Kier alpha value is -1.05. The zero-order valence-corrected chi connectivity index (χ0v) is 9.10. The van der Waals surface area contributed by atoms with Crippen LogP contribution in [0.4, 0.5) is 10.1 Å². The maximum Gasteiger partial charge on any atom is 0.125 e. The molecule has 1 nitrogen and oxygen atoms in total. The average molecular weight is 195 g/mol. The molecular formula is C12H18FN. The first-order valence-electron chi connectivity index (χ1n) is 5.13. The molecule has 1 atom stereocenters. The topological polar surface area (TPSA) is 12.0 Å². The Balaban J connectivity index is 2.58. The van der Waals surface area contributed by atoms with Crippen LogP contribution in [-0.2, 0) is 0 Å². The van der Waals surface area contributed by atoms with E-state index in [1.165, 1.54) is 12.1 Å². The number of benzene rings is 1. The van der Waals surface area contributed by atoms with Crippen molar-refractivity contribution < 1.29 is 4.39 Å². The summed E-state index contributed by atoms with van der Waals surface area (Å²) in [5.41, 5.74) is 1.83. The molecule has 0 aliphatic carbocycles. The molecule has 0 aliphatic rings. The van der Waals surface area contributed by atoms with Crippen LogP contribution in [0.15, 0.2) is 18.2 Å². The third-order valence-electron chi connectivity index (χ3n) is 2.39. The lowest BCUT2D eigenvalue weighted by Crippen LogP contribution is -2.10. The minimum absolute atomic E-state index is 0.170. The van der Waals surface area contributed by atoms with Crippen LogP contribution in [0.2, 0.25) is 0 Å². The average Bonchev–Trinajstić information content (AvgIpc) is 2.12. The van der Waals surface area contributed by atoms with Crippen molar-refractivity contribution in [1.82, 2.24) is 0 Å². The quantitative estimate of drug-likeness (QED) is 0.774. The summed E-state index contributed by atoms with van der Waals surface area (Å²) >= 11 is 0. The summed E-state index contributed by atoms with van der Waals surface area (Å²) in [6.45, 7) is 7.14. The third-order valence-corrected chi connectivity index (χ3v) is 2.39. The Labute approximate surface area is 85.3 Å². The van der Waals surface area contributed by atoms with E-state index in [2.05, 4.69) is 19.2 Å². The summed E-state index contributed by atoms with van der Waals surface area (Å²) < 4.78 is 13.0. The molecule has 0 bridgehead atoms. The fourth-order valence-electron chi connectivity index (χ4n) is 1.27. The lowest BCUT2D eigenvalue weighted by atomic mass is 10.1. The van der Waals surface area contributed by atoms with Gasteiger partial charge in [0.05, 0.1) is 0 Å². The molecule has 1 aromatic carbocycles. The molecule has 0 amide bonds. The SMILES string of the molecule is CCC(C)CNc1cc(C)cc(F)c1. The number of anilines is 1. The van der Waals surface area contributed by atoms with E-state index in [-0.39, 0.29) is 5.82 Å². The molecule has 78 valence electrons. The van der Waals surface area contributed by atoms with Crippen molar-refractivity contribution >= 4 is 5.69 Å². The van der Waals surface area contributed by atoms with E-state index < -0.39 is 0 Å². The van der Waals surface area contributed by atoms with Gasteiger partial charge in [0.25, 0.3) is 0 Å². The minimum Gasteiger partial charge on any atom is -0.385 e. The van der Waals surface area contributed by atoms with E-state index in [0.717, 1.165) is 24.2 Å². The van der Waals surface area contributed by atoms with Crippen molar-refractivity contribution in [2.75, 3.05) is 11.9 Å². The Morgan fingerprint density at radius 2 is 2.07 bits per heavy atom. The van der Waals surface area contributed by atoms with E-state index in [4.69, 9.17) is 0 Å². The highest BCUT2D eigenvalue weighted by atomic mass is 19.1. The Morgan fingerprint density at radius 3 is 2.64 bits per heavy atom. The third kappa shape index (κ3) is 3.36. The molecule has 0 aliphatic heterocycles. The summed E-state index contributed by atoms with van der Waals surface area (Å²) in [6.07, 6.45) is 1.14. The van der Waals surface area contributed by atoms with Gasteiger partial charge in [-0.15, -0.1) is 0 Å². The molecular weight excluding hydrogens is 177 g/mol. The molecule has 14 heavy (non-hydrogen) atoms. The summed E-state index contributed by atoms with van der Waals surface area (Å²) in [6, 6.07) is 5.04. The fraction of sp³-hybridized carbons (Fsp3) is 0.500. The van der Waals surface area contributed by atoms with E-state index >= 15 is 0 Å². The molecule has 1 unspecified atom stereocenters. The van der Waals surface area contributed by atoms with Crippen molar-refractivity contribution in [2.24, 2.45) is 5.92 Å². The molecule has 0 aromatic heterocycles. The molecule has 0 saturated carbocycles. The molecule has 1 aromatic rings. The number of hydrogen-bond acceptors (Lipinski definition) is 1. The van der Waals surface area contributed by atoms with Gasteiger partial charge in [-0.25, -0.2) is 4.39 Å². The van der Waals surface area contributed by atoms with E-state index in [0.29, 0.717) is 5.92 Å². The normalized spacial score (nSPS) is 12.6. The Morgan fingerprint density at radius 1 is 1.36 bits per heavy atom. The molecule has 0 spiro atoms. The number of aryl methyl sites for hydroxylation is 1. The zero-order chi connectivity index (χ0) is 10.6. The van der Waals surface area contributed by atoms with Crippen molar-refractivity contribution in [3.8, 4) is 0 Å². The fourth-order valence-corrected chi connectivity index (χ4v) is 1.27. The summed E-state index contributed by atoms with van der Waals surface area (Å²) in [5.74, 6) is 0.454. The molecule has 1 rings (SSSR count). The lowest BCUT2D eigenvalue weighted by molar-refractivity contribution is 0.592. The monoisotopic (exact) mass is 195 g/mol. The molecule has 1 N–H and O–H groups in total. The smallest absolute Gasteiger partial charge is 0.125 e. The predicted molar refractivity (Wildman–Crippen MR) is 59.1 cm³/mol. The maximum absolute atomic E-state index is 13.0. The van der Waals surface area contributed by atoms with Gasteiger partial charge in [0, 0.05) is 12.2 Å². The second kappa shape index (κ2) is 4.99. The van der Waals surface area contributed by atoms with Crippen LogP contribution < -0.4 is 5.32 Å². The second-order valence-corrected chi connectivity index (χ2v) is 3.91. The summed E-state index contributed by atoms with van der Waals surface area (Å²) in [5, 5.41) is 3.24. The first kappa shape index (κ1) is 11.0. The van der Waals surface area contributed by atoms with Gasteiger partial charge in [-0.1, -0.05) is 20.3 Å². The number of nitrogens with one attached hydrogen (secondary N) is 1. The van der Waals surface area contributed by atoms with Crippen LogP contribution in [0, 0.1) is 18.7 Å². The molecule has 0 radical (unpaired) electrons. The summed E-state index contributed by atoms with van der Waals surface area (Å²) in [4.78, 5) is 0. The van der Waals surface area contributed by atoms with Crippen LogP contribution >= 0.6 is 0 Å². The van der Waals surface area contributed by atoms with E-state index in [1.807, 2.05) is 13.0 Å². The van der Waals surface area contributed by atoms with Gasteiger partial charge in [0.2, 0.25) is 0 Å². The number of hydrogen-bond donors (Lipinski definition) is 1. The van der Waals surface area contributed by atoms with Gasteiger partial charge in [0.15, 0.2) is 0 Å². The summed E-state index contributed by atoms with van der Waals surface area (Å²) in [7, 11) is 0. The van der Waals surface area contributed by atoms with Gasteiger partial charge in [-0.2, -0.15) is 0 Å². The second-order valence-electron chi connectivity index (χ2n) is 3.91. The number of halogens is 1. The largest absolute Gasteiger partial charge is 0.385 e. The van der Waals surface area contributed by atoms with E-state index in [9.17, 15) is 4.39 Å². The number of rotatable bonds is 4. The van der Waals surface area contributed by atoms with Crippen LogP contribution in [0.1, 0.15) is 25.8 Å². The van der Waals surface area contributed by atoms with Gasteiger partial charge < -0.3 is 5.32 Å². The highest BCUT2D eigenvalue weighted by Gasteiger charge is 2.00. The van der Waals surface area contributed by atoms with Crippen LogP contribution in [0.3, 0.4) is 0 Å². The van der Waals surface area contributed by atoms with Crippen molar-refractivity contribution in [3.05, 3.63) is 29.6 Å². The van der Waals surface area contributed by atoms with Crippen LogP contribution in [0.5, 0.6) is 0 Å². The van der Waals surface area contributed by atoms with Crippen molar-refractivity contribution in [3.63, 3.8) is 0 Å². The first-order valence-corrected chi connectivity index (χ1v) is 5.13. The van der Waals surface area contributed by atoms with Gasteiger partial charge >= 0.3 is 0 Å². The molecule has 0 heterocycles. The Kier molecular flexibility index (Phi) is 3.93. The maximum atomic E-state index is 13.0. The Bertz CT molecular complexity index is 276. The van der Waals surface area contributed by atoms with Gasteiger partial charge in [0.1, 0.15) is 5.82 Å². The molecule has 0 saturated heterocycles. The molecule has 0 fully saturated rings. The minimum atomic E-state index is -0.170. The zero-order valence-electron chi connectivity index (χ0n) is 9.10. The van der Waals surface area contributed by atoms with Crippen LogP contribution in [-0.4, -0.2) is 6.54 Å². The van der Waals surface area contributed by atoms with Gasteiger partial charge in [-0.3, -0.25) is 0 Å². The first-order chi connectivity index (χ1) is 6.61. The highest BCUT2D eigenvalue weighted by Crippen LogP contribution is 2.14. The van der Waals surface area contributed by atoms with Crippen molar-refractivity contribution in [2.45, 2.75) is 27.2 Å². The van der Waals surface area contributed by atoms with Crippen molar-refractivity contribution in [1.29, 1.82) is 0 Å². The lowest BCUT2D eigenvalue weighted by Gasteiger charge is -2.11.